The van der Waals surface area contributed by atoms with Gasteiger partial charge >= 0.3 is 0 Å². The van der Waals surface area contributed by atoms with Crippen LogP contribution in [0.3, 0.4) is 0 Å². The molecule has 0 spiro atoms. The number of benzene rings is 1. The molecule has 2 atom stereocenters. The van der Waals surface area contributed by atoms with Crippen LogP contribution in [0.5, 0.6) is 5.75 Å². The van der Waals surface area contributed by atoms with Crippen LogP contribution in [0.25, 0.3) is 0 Å². The van der Waals surface area contributed by atoms with Crippen molar-refractivity contribution >= 4 is 0 Å². The summed E-state index contributed by atoms with van der Waals surface area (Å²) in [6, 6.07) is 7.70. The summed E-state index contributed by atoms with van der Waals surface area (Å²) in [6.07, 6.45) is 3.88. The molecule has 1 fully saturated rings. The van der Waals surface area contributed by atoms with E-state index in [1.807, 2.05) is 31.2 Å². The Hall–Kier alpha value is -1.06. The lowest BCUT2D eigenvalue weighted by Gasteiger charge is -2.23. The summed E-state index contributed by atoms with van der Waals surface area (Å²) in [6.45, 7) is 3.38. The summed E-state index contributed by atoms with van der Waals surface area (Å²) in [7, 11) is 0. The van der Waals surface area contributed by atoms with Crippen molar-refractivity contribution in [2.45, 2.75) is 44.8 Å². The fourth-order valence-corrected chi connectivity index (χ4v) is 2.23. The Morgan fingerprint density at radius 2 is 2.22 bits per heavy atom. The quantitative estimate of drug-likeness (QED) is 0.872. The number of aliphatic hydroxyl groups is 1. The zero-order valence-electron chi connectivity index (χ0n) is 11.0. The summed E-state index contributed by atoms with van der Waals surface area (Å²) in [4.78, 5) is 0. The van der Waals surface area contributed by atoms with Crippen molar-refractivity contribution < 1.29 is 14.6 Å². The summed E-state index contributed by atoms with van der Waals surface area (Å²) in [5.74, 6) is 0.779. The van der Waals surface area contributed by atoms with E-state index in [0.717, 1.165) is 30.8 Å². The second-order valence-electron chi connectivity index (χ2n) is 4.76. The molecule has 1 aromatic carbocycles. The van der Waals surface area contributed by atoms with Crippen molar-refractivity contribution in [1.82, 2.24) is 0 Å². The van der Waals surface area contributed by atoms with E-state index < -0.39 is 6.10 Å². The fraction of sp³-hybridized carbons (Fsp3) is 0.600. The summed E-state index contributed by atoms with van der Waals surface area (Å²) >= 11 is 0. The molecule has 1 aliphatic heterocycles. The van der Waals surface area contributed by atoms with Crippen LogP contribution in [0.15, 0.2) is 24.3 Å². The first-order valence-corrected chi connectivity index (χ1v) is 6.82. The lowest BCUT2D eigenvalue weighted by atomic mass is 10.1. The third kappa shape index (κ3) is 3.47. The molecule has 1 unspecified atom stereocenters. The molecule has 1 saturated heterocycles. The predicted molar refractivity (Wildman–Crippen MR) is 70.8 cm³/mol. The largest absolute Gasteiger partial charge is 0.490 e. The van der Waals surface area contributed by atoms with Crippen LogP contribution in [0.1, 0.15) is 44.3 Å². The third-order valence-electron chi connectivity index (χ3n) is 3.36. The van der Waals surface area contributed by atoms with E-state index >= 15 is 0 Å². The highest BCUT2D eigenvalue weighted by Crippen LogP contribution is 2.27. The molecule has 100 valence electrons. The van der Waals surface area contributed by atoms with Crippen molar-refractivity contribution in [1.29, 1.82) is 0 Å². The van der Waals surface area contributed by atoms with Gasteiger partial charge in [-0.05, 0) is 31.7 Å². The Morgan fingerprint density at radius 3 is 2.94 bits per heavy atom. The van der Waals surface area contributed by atoms with Gasteiger partial charge in [0, 0.05) is 12.2 Å². The van der Waals surface area contributed by atoms with Gasteiger partial charge in [-0.15, -0.1) is 0 Å². The van der Waals surface area contributed by atoms with Crippen molar-refractivity contribution in [3.8, 4) is 5.75 Å². The highest BCUT2D eigenvalue weighted by Gasteiger charge is 2.16. The molecule has 3 nitrogen and oxygen atoms in total. The second-order valence-corrected chi connectivity index (χ2v) is 4.76. The molecule has 3 heteroatoms. The smallest absolute Gasteiger partial charge is 0.125 e. The topological polar surface area (TPSA) is 38.7 Å². The minimum atomic E-state index is -0.450. The molecule has 1 heterocycles. The first kappa shape index (κ1) is 13.4. The first-order chi connectivity index (χ1) is 8.81. The van der Waals surface area contributed by atoms with Crippen molar-refractivity contribution in [2.24, 2.45) is 0 Å². The van der Waals surface area contributed by atoms with E-state index in [1.54, 1.807) is 0 Å². The van der Waals surface area contributed by atoms with Gasteiger partial charge in [0.1, 0.15) is 12.4 Å². The standard InChI is InChI=1S/C15H22O3/c1-2-14(16)13-8-3-4-9-15(13)18-11-12-7-5-6-10-17-12/h3-4,8-9,12,14,16H,2,5-7,10-11H2,1H3/t12?,14-/m1/s1. The lowest BCUT2D eigenvalue weighted by molar-refractivity contribution is -0.0116. The Kier molecular flexibility index (Phi) is 5.02. The third-order valence-corrected chi connectivity index (χ3v) is 3.36. The van der Waals surface area contributed by atoms with E-state index in [0.29, 0.717) is 13.0 Å². The Morgan fingerprint density at radius 1 is 1.39 bits per heavy atom. The monoisotopic (exact) mass is 250 g/mol. The molecule has 1 aromatic rings. The summed E-state index contributed by atoms with van der Waals surface area (Å²) in [5, 5.41) is 9.94. The predicted octanol–water partition coefficient (Wildman–Crippen LogP) is 3.08. The minimum Gasteiger partial charge on any atom is -0.490 e. The molecule has 0 radical (unpaired) electrons. The number of ether oxygens (including phenoxy) is 2. The summed E-state index contributed by atoms with van der Waals surface area (Å²) in [5.41, 5.74) is 0.871. The van der Waals surface area contributed by atoms with Crippen molar-refractivity contribution in [3.05, 3.63) is 29.8 Å². The van der Waals surface area contributed by atoms with E-state index in [9.17, 15) is 5.11 Å². The Labute approximate surface area is 109 Å². The molecular weight excluding hydrogens is 228 g/mol. The summed E-state index contributed by atoms with van der Waals surface area (Å²) < 4.78 is 11.5. The van der Waals surface area contributed by atoms with E-state index in [1.165, 1.54) is 6.42 Å². The molecule has 0 aromatic heterocycles. The van der Waals surface area contributed by atoms with Gasteiger partial charge < -0.3 is 14.6 Å². The maximum atomic E-state index is 9.94. The second kappa shape index (κ2) is 6.76. The zero-order valence-corrected chi connectivity index (χ0v) is 11.0. The van der Waals surface area contributed by atoms with Crippen LogP contribution < -0.4 is 4.74 Å². The molecule has 0 bridgehead atoms. The number of hydrogen-bond donors (Lipinski definition) is 1. The van der Waals surface area contributed by atoms with Crippen LogP contribution in [0.4, 0.5) is 0 Å². The van der Waals surface area contributed by atoms with E-state index in [-0.39, 0.29) is 6.10 Å². The van der Waals surface area contributed by atoms with Crippen LogP contribution in [-0.4, -0.2) is 24.4 Å². The number of hydrogen-bond acceptors (Lipinski definition) is 3. The molecule has 1 aliphatic rings. The molecule has 0 aliphatic carbocycles. The minimum absolute atomic E-state index is 0.200. The molecule has 0 saturated carbocycles. The maximum absolute atomic E-state index is 9.94. The van der Waals surface area contributed by atoms with Gasteiger partial charge in [-0.2, -0.15) is 0 Å². The van der Waals surface area contributed by atoms with Gasteiger partial charge in [-0.25, -0.2) is 0 Å². The van der Waals surface area contributed by atoms with Crippen molar-refractivity contribution in [2.75, 3.05) is 13.2 Å². The number of aliphatic hydroxyl groups excluding tert-OH is 1. The van der Waals surface area contributed by atoms with Gasteiger partial charge in [-0.3, -0.25) is 0 Å². The fourth-order valence-electron chi connectivity index (χ4n) is 2.23. The van der Waals surface area contributed by atoms with Gasteiger partial charge in [0.15, 0.2) is 0 Å². The Bertz CT molecular complexity index is 359. The first-order valence-electron chi connectivity index (χ1n) is 6.82. The van der Waals surface area contributed by atoms with Gasteiger partial charge in [0.05, 0.1) is 12.2 Å². The van der Waals surface area contributed by atoms with Crippen LogP contribution in [-0.2, 0) is 4.74 Å². The highest BCUT2D eigenvalue weighted by atomic mass is 16.5. The zero-order chi connectivity index (χ0) is 12.8. The normalized spacial score (nSPS) is 21.6. The van der Waals surface area contributed by atoms with Crippen LogP contribution in [0, 0.1) is 0 Å². The Balaban J connectivity index is 1.95. The molecule has 1 N–H and O–H groups in total. The molecule has 18 heavy (non-hydrogen) atoms. The molecule has 0 amide bonds. The maximum Gasteiger partial charge on any atom is 0.125 e. The highest BCUT2D eigenvalue weighted by molar-refractivity contribution is 5.35. The van der Waals surface area contributed by atoms with E-state index in [4.69, 9.17) is 9.47 Å². The van der Waals surface area contributed by atoms with E-state index in [2.05, 4.69) is 0 Å². The van der Waals surface area contributed by atoms with Gasteiger partial charge in [0.2, 0.25) is 0 Å². The SMILES string of the molecule is CC[C@@H](O)c1ccccc1OCC1CCCCO1. The lowest BCUT2D eigenvalue weighted by Crippen LogP contribution is -2.26. The average Bonchev–Trinajstić information content (AvgIpc) is 2.45. The average molecular weight is 250 g/mol. The number of para-hydroxylation sites is 1. The number of rotatable bonds is 5. The van der Waals surface area contributed by atoms with Crippen LogP contribution in [0.2, 0.25) is 0 Å². The van der Waals surface area contributed by atoms with Crippen molar-refractivity contribution in [3.63, 3.8) is 0 Å². The molecular formula is C15H22O3. The van der Waals surface area contributed by atoms with Crippen LogP contribution >= 0.6 is 0 Å². The van der Waals surface area contributed by atoms with Gasteiger partial charge in [-0.1, -0.05) is 25.1 Å². The molecule has 2 rings (SSSR count). The van der Waals surface area contributed by atoms with Gasteiger partial charge in [0.25, 0.3) is 0 Å².